The fourth-order valence-corrected chi connectivity index (χ4v) is 32.4. The molecule has 9 aliphatic rings. The summed E-state index contributed by atoms with van der Waals surface area (Å²) in [5, 5.41) is 0. The Hall–Kier alpha value is -4.33. The molecule has 4 aliphatic heterocycles. The maximum absolute atomic E-state index is 5.82. The van der Waals surface area contributed by atoms with Gasteiger partial charge in [-0.3, -0.25) is 0 Å². The first-order valence-electron chi connectivity index (χ1n) is 53.0. The summed E-state index contributed by atoms with van der Waals surface area (Å²) in [7, 11) is 46.5. The predicted molar refractivity (Wildman–Crippen MR) is 627 cm³/mol. The molecule has 4 bridgehead atoms. The van der Waals surface area contributed by atoms with Gasteiger partial charge in [0.25, 0.3) is 0 Å². The van der Waals surface area contributed by atoms with Crippen molar-refractivity contribution in [2.24, 2.45) is 39.9 Å². The van der Waals surface area contributed by atoms with Crippen molar-refractivity contribution in [3.8, 4) is 23.0 Å². The number of aryl methyl sites for hydroxylation is 11. The Morgan fingerprint density at radius 3 is 0.938 bits per heavy atom. The van der Waals surface area contributed by atoms with E-state index < -0.39 is 54.1 Å². The second-order valence-corrected chi connectivity index (χ2v) is 69.0. The maximum Gasteiger partial charge on any atom is 0.0140 e. The summed E-state index contributed by atoms with van der Waals surface area (Å²) >= 11 is -7.08. The zero-order valence-corrected chi connectivity index (χ0v) is 106. The third kappa shape index (κ3) is 33.4. The Kier molecular flexibility index (Phi) is 46.4. The number of para-hydroxylation sites is 5. The Bertz CT molecular complexity index is 5510. The molecular formula is C126H172Cl8N4O4Ru4-4. The molecule has 0 radical (unpaired) electrons. The van der Waals surface area contributed by atoms with Gasteiger partial charge in [-0.1, -0.05) is 218 Å². The van der Waals surface area contributed by atoms with Crippen molar-refractivity contribution in [2.75, 3.05) is 19.6 Å². The third-order valence-electron chi connectivity index (χ3n) is 30.4. The summed E-state index contributed by atoms with van der Waals surface area (Å²) < 4.78 is 30.1. The smallest absolute Gasteiger partial charge is 0.0140 e. The largest absolute Gasteiger partial charge is 0.517 e. The minimum Gasteiger partial charge on any atom is -0.517 e. The van der Waals surface area contributed by atoms with Gasteiger partial charge in [0, 0.05) is 44.9 Å². The molecule has 9 aromatic carbocycles. The van der Waals surface area contributed by atoms with E-state index in [0.29, 0.717) is 16.2 Å². The van der Waals surface area contributed by atoms with E-state index in [1.54, 1.807) is 12.1 Å². The van der Waals surface area contributed by atoms with Gasteiger partial charge in [0.1, 0.15) is 0 Å². The molecular weight excluding hydrogens is 2320 g/mol. The van der Waals surface area contributed by atoms with E-state index in [9.17, 15) is 0 Å². The number of rotatable bonds is 21. The molecule has 0 aromatic heterocycles. The molecule has 0 amide bonds. The molecule has 8 nitrogen and oxygen atoms in total. The number of ether oxygens (including phenoxy) is 4. The Labute approximate surface area is 937 Å². The van der Waals surface area contributed by atoms with Crippen LogP contribution in [-0.2, 0) is 72.3 Å². The molecule has 2 spiro atoms. The number of hydrogen-bond donors (Lipinski definition) is 0. The van der Waals surface area contributed by atoms with E-state index in [1.807, 2.05) is 171 Å². The van der Waals surface area contributed by atoms with Crippen LogP contribution in [0.2, 0.25) is 0 Å². The van der Waals surface area contributed by atoms with Crippen molar-refractivity contribution in [3.05, 3.63) is 297 Å². The predicted octanol–water partition coefficient (Wildman–Crippen LogP) is 37.6. The van der Waals surface area contributed by atoms with Gasteiger partial charge in [0.2, 0.25) is 0 Å². The first-order chi connectivity index (χ1) is 68.6. The summed E-state index contributed by atoms with van der Waals surface area (Å²) in [6, 6.07) is 62.9. The molecule has 146 heavy (non-hydrogen) atoms. The molecule has 1 unspecified atom stereocenters. The van der Waals surface area contributed by atoms with E-state index in [0.717, 1.165) is 88.2 Å². The maximum atomic E-state index is 5.82. The van der Waals surface area contributed by atoms with Crippen LogP contribution in [0.25, 0.3) is 0 Å². The second-order valence-electron chi connectivity index (χ2n) is 46.1. The summed E-state index contributed by atoms with van der Waals surface area (Å²) in [5.74, 6) is 7.43. The third-order valence-corrected chi connectivity index (χ3v) is 37.7. The van der Waals surface area contributed by atoms with Crippen molar-refractivity contribution >= 4 is 119 Å². The van der Waals surface area contributed by atoms with Crippen LogP contribution >= 0.6 is 77.5 Å². The molecule has 5 saturated carbocycles. The van der Waals surface area contributed by atoms with Gasteiger partial charge in [-0.05, 0) is 225 Å². The quantitative estimate of drug-likeness (QED) is 0.0521. The Balaban J connectivity index is 0.000000173. The van der Waals surface area contributed by atoms with Crippen LogP contribution < -0.4 is 38.5 Å². The summed E-state index contributed by atoms with van der Waals surface area (Å²) in [5.41, 5.74) is 28.9. The van der Waals surface area contributed by atoms with E-state index in [1.165, 1.54) is 174 Å². The van der Waals surface area contributed by atoms with Crippen molar-refractivity contribution in [1.82, 2.24) is 0 Å². The van der Waals surface area contributed by atoms with Gasteiger partial charge in [-0.15, -0.1) is 21.7 Å². The van der Waals surface area contributed by atoms with Gasteiger partial charge in [-0.2, -0.15) is 0 Å². The standard InChI is InChI=1S/C25H36N.C22H28N.C20H30N.C19H30N.4C10H12O.8ClH.4Ru/c1-5-19-8-7-9-20(6-2)23(19)26-16-25(15-24(26,3)4)21-11-17-10-18(13-21)14-22(25)12-17;1-16-12-17(2)20(18(3)13-16)23-15-22(6,14-21(23,4)5)19-10-8-7-9-11-19;1-15-11-16(2)18(17(3)12-15)21-14-20(13-19(21,4)5)9-7-6-8-10-20;1-8-19(9-2)12-18(6,7)20(13-19)17-15(4)10-14(3)11-16(17)5;4*1-8(2)11-10-7-5-4-6-9(10)3;;;;;;;;;;;;/h7-9,16-18,21-22H,5-6,10-15H2,1-4H3;7-13,15H,14H2,1-6H3;11-12,14H,6-10,13H2,1-5H3;10-11,13H,8-9,12H2,1-7H3;4*3-8H,1-2H3;8*1H;;;;/q4*-1;;;;;;;;;;;;;4*+2/p-8. The first kappa shape index (κ1) is 123. The second kappa shape index (κ2) is 54.9. The normalized spacial score (nSPS) is 21.4. The van der Waals surface area contributed by atoms with Crippen molar-refractivity contribution in [3.63, 3.8) is 0 Å². The molecule has 4 heterocycles. The average Bonchev–Trinajstić information content (AvgIpc) is 1.53. The summed E-state index contributed by atoms with van der Waals surface area (Å²) in [4.78, 5) is 10.4. The zero-order valence-electron chi connectivity index (χ0n) is 93.1. The monoisotopic (exact) mass is 2490 g/mol. The van der Waals surface area contributed by atoms with Crippen molar-refractivity contribution in [2.45, 2.75) is 375 Å². The van der Waals surface area contributed by atoms with Crippen molar-refractivity contribution in [1.29, 1.82) is 0 Å². The molecule has 9 fully saturated rings. The Morgan fingerprint density at radius 1 is 0.329 bits per heavy atom. The topological polar surface area (TPSA) is 49.9 Å². The molecule has 20 heteroatoms. The molecule has 5 aliphatic carbocycles. The summed E-state index contributed by atoms with van der Waals surface area (Å²) in [6.45, 7) is 77.4. The van der Waals surface area contributed by atoms with Crippen LogP contribution in [0.5, 0.6) is 23.0 Å². The SMILES string of the molecule is CC(C)Oc1ccccc1[CH]=[Ru]([Cl])[Cl].CC(C)Oc1ccccc1[CH]=[Ru]([Cl])[Cl].CC(C)Oc1ccccc1[CH]=[Ru]([Cl])[Cl].CC(C)Oc1ccccc1[CH]=[Ru]([Cl])[Cl].CCC1(CC)[CH-]N(c2c(C)cc(C)cc2C)C(C)(C)C1.CCc1cccc(CC)c1N1[CH-]C2(CC1(C)C)C1CC3CC(C1)CC2C3.Cc1cc(C)c(N2[CH-]C(C)(c3ccccc3)CC2(C)C)c(C)c1.Cc1cc(C)c(N2[CH-]C3(CCCCC3)CC2(C)C)c(C)c1. The first-order valence-corrected chi connectivity index (χ1v) is 74.9. The zero-order chi connectivity index (χ0) is 108. The fourth-order valence-electron chi connectivity index (χ4n) is 25.2. The van der Waals surface area contributed by atoms with Crippen LogP contribution in [0.15, 0.2) is 182 Å². The average molecular weight is 2490 g/mol. The Morgan fingerprint density at radius 2 is 0.623 bits per heavy atom. The number of anilines is 4. The molecule has 812 valence electrons. The van der Waals surface area contributed by atoms with Gasteiger partial charge < -0.3 is 19.6 Å². The van der Waals surface area contributed by atoms with Crippen LogP contribution in [0.3, 0.4) is 0 Å². The molecule has 9 aromatic rings. The molecule has 4 saturated heterocycles. The van der Waals surface area contributed by atoms with Gasteiger partial charge >= 0.3 is 391 Å². The number of hydrogen-bond acceptors (Lipinski definition) is 8. The summed E-state index contributed by atoms with van der Waals surface area (Å²) in [6.07, 6.45) is 25.1. The van der Waals surface area contributed by atoms with Gasteiger partial charge in [-0.25, -0.2) is 26.2 Å². The molecule has 0 N–H and O–H groups in total. The van der Waals surface area contributed by atoms with E-state index in [-0.39, 0.29) is 52.0 Å². The van der Waals surface area contributed by atoms with E-state index >= 15 is 0 Å². The van der Waals surface area contributed by atoms with Gasteiger partial charge in [0.05, 0.1) is 0 Å². The van der Waals surface area contributed by atoms with Crippen molar-refractivity contribution < 1.29 is 73.0 Å². The van der Waals surface area contributed by atoms with Crippen LogP contribution in [0.4, 0.5) is 22.7 Å². The minimum atomic E-state index is -1.77. The van der Waals surface area contributed by atoms with Crippen LogP contribution in [-0.4, -0.2) is 65.0 Å². The molecule has 1 atom stereocenters. The number of nitrogens with zero attached hydrogens (tertiary/aromatic N) is 4. The molecule has 18 rings (SSSR count). The number of halogens is 8. The minimum absolute atomic E-state index is 0.0779. The van der Waals surface area contributed by atoms with Gasteiger partial charge in [0.15, 0.2) is 0 Å². The van der Waals surface area contributed by atoms with Crippen LogP contribution in [0, 0.1) is 128 Å². The number of benzene rings is 9. The van der Waals surface area contributed by atoms with E-state index in [2.05, 4.69) is 283 Å². The fraction of sp³-hybridized carbons (Fsp3) is 0.508. The van der Waals surface area contributed by atoms with E-state index in [4.69, 9.17) is 96.5 Å². The van der Waals surface area contributed by atoms with Crippen LogP contribution in [0.1, 0.15) is 337 Å².